The largest absolute Gasteiger partial charge is 0.478 e. The van der Waals surface area contributed by atoms with Crippen molar-refractivity contribution in [1.82, 2.24) is 9.78 Å². The fraction of sp³-hybridized carbons (Fsp3) is 0.286. The van der Waals surface area contributed by atoms with Gasteiger partial charge in [0.05, 0.1) is 5.02 Å². The number of halogens is 5. The lowest BCUT2D eigenvalue weighted by molar-refractivity contribution is -0.143. The number of carbonyl (C=O) groups is 1. The third-order valence-electron chi connectivity index (χ3n) is 3.65. The van der Waals surface area contributed by atoms with Crippen LogP contribution in [0.3, 0.4) is 0 Å². The number of alkyl halides is 3. The number of nitrogens with zero attached hydrogens (tertiary/aromatic N) is 3. The topological polar surface area (TPSA) is 67.6 Å². The Morgan fingerprint density at radius 3 is 2.56 bits per heavy atom. The van der Waals surface area contributed by atoms with Crippen molar-refractivity contribution in [2.45, 2.75) is 19.2 Å². The molecule has 0 saturated carbocycles. The lowest BCUT2D eigenvalue weighted by atomic mass is 10.1. The molecule has 0 saturated heterocycles. The molecule has 3 rings (SSSR count). The van der Waals surface area contributed by atoms with Crippen molar-refractivity contribution in [2.24, 2.45) is 7.05 Å². The van der Waals surface area contributed by atoms with Gasteiger partial charge >= 0.3 is 6.18 Å². The third-order valence-corrected chi connectivity index (χ3v) is 4.01. The molecule has 1 unspecified atom stereocenters. The molecule has 1 amide bonds. The average molecular weight is 380 g/mol. The Hall–Kier alpha value is -2.33. The number of carbonyl (C=O) groups excluding carboxylic acids is 1. The van der Waals surface area contributed by atoms with E-state index in [1.807, 2.05) is 0 Å². The van der Waals surface area contributed by atoms with Crippen LogP contribution in [-0.2, 0) is 18.0 Å². The number of anilines is 1. The van der Waals surface area contributed by atoms with Gasteiger partial charge in [0, 0.05) is 18.7 Å². The normalized spacial score (nSPS) is 17.5. The zero-order valence-electron chi connectivity index (χ0n) is 12.7. The molecule has 1 N–H and O–H groups in total. The van der Waals surface area contributed by atoms with E-state index in [-0.39, 0.29) is 16.5 Å². The van der Waals surface area contributed by atoms with Crippen molar-refractivity contribution in [1.29, 1.82) is 0 Å². The van der Waals surface area contributed by atoms with Gasteiger partial charge in [0.1, 0.15) is 22.9 Å². The van der Waals surface area contributed by atoms with E-state index in [0.717, 1.165) is 19.2 Å². The summed E-state index contributed by atoms with van der Waals surface area (Å²) in [7, 11) is 1.02. The second-order valence-corrected chi connectivity index (χ2v) is 5.72. The Bertz CT molecular complexity index is 881. The van der Waals surface area contributed by atoms with Crippen LogP contribution in [0.1, 0.15) is 12.6 Å². The average Bonchev–Trinajstić information content (AvgIpc) is 2.79. The van der Waals surface area contributed by atoms with Gasteiger partial charge in [-0.1, -0.05) is 11.6 Å². The molecular formula is C14H10ClF4N3O3. The number of hydrogen-bond acceptors (Lipinski definition) is 4. The molecule has 1 aliphatic rings. The number of aromatic nitrogens is 2. The summed E-state index contributed by atoms with van der Waals surface area (Å²) < 4.78 is 59.1. The Morgan fingerprint density at radius 1 is 1.36 bits per heavy atom. The van der Waals surface area contributed by atoms with E-state index in [1.54, 1.807) is 0 Å². The van der Waals surface area contributed by atoms with Gasteiger partial charge in [-0.05, 0) is 13.0 Å². The molecule has 0 bridgehead atoms. The number of hydrogen-bond donors (Lipinski definition) is 1. The van der Waals surface area contributed by atoms with Crippen LogP contribution in [0.15, 0.2) is 12.1 Å². The zero-order chi connectivity index (χ0) is 18.7. The monoisotopic (exact) mass is 379 g/mol. The van der Waals surface area contributed by atoms with Crippen LogP contribution in [0.4, 0.5) is 23.2 Å². The van der Waals surface area contributed by atoms with Gasteiger partial charge in [0.25, 0.3) is 5.91 Å². The summed E-state index contributed by atoms with van der Waals surface area (Å²) in [6.07, 6.45) is -5.84. The maximum atomic E-state index is 14.4. The minimum atomic E-state index is -4.79. The highest BCUT2D eigenvalue weighted by molar-refractivity contribution is 6.33. The van der Waals surface area contributed by atoms with E-state index in [2.05, 4.69) is 5.10 Å². The first kappa shape index (κ1) is 17.5. The Kier molecular flexibility index (Phi) is 3.92. The number of ether oxygens (including phenoxy) is 1. The molecule has 2 heterocycles. The molecule has 25 heavy (non-hydrogen) atoms. The number of amides is 1. The molecule has 1 aromatic carbocycles. The second-order valence-electron chi connectivity index (χ2n) is 5.34. The van der Waals surface area contributed by atoms with Crippen LogP contribution in [0.25, 0.3) is 11.3 Å². The molecule has 6 nitrogen and oxygen atoms in total. The van der Waals surface area contributed by atoms with Crippen LogP contribution in [0.2, 0.25) is 5.02 Å². The lowest BCUT2D eigenvalue weighted by Crippen LogP contribution is -2.42. The predicted molar refractivity (Wildman–Crippen MR) is 78.0 cm³/mol. The van der Waals surface area contributed by atoms with Gasteiger partial charge in [-0.3, -0.25) is 14.7 Å². The van der Waals surface area contributed by atoms with E-state index in [1.165, 1.54) is 6.92 Å². The van der Waals surface area contributed by atoms with Crippen LogP contribution in [0, 0.1) is 5.82 Å². The minimum absolute atomic E-state index is 0.140. The molecule has 2 aromatic rings. The second kappa shape index (κ2) is 5.60. The fourth-order valence-corrected chi connectivity index (χ4v) is 2.86. The quantitative estimate of drug-likeness (QED) is 0.609. The first-order chi connectivity index (χ1) is 11.5. The molecule has 0 fully saturated rings. The van der Waals surface area contributed by atoms with Crippen molar-refractivity contribution >= 4 is 23.2 Å². The Labute approximate surface area is 143 Å². The molecular weight excluding hydrogens is 370 g/mol. The van der Waals surface area contributed by atoms with Crippen LogP contribution < -0.4 is 9.80 Å². The van der Waals surface area contributed by atoms with E-state index < -0.39 is 46.0 Å². The van der Waals surface area contributed by atoms with Crippen molar-refractivity contribution < 1.29 is 32.3 Å². The van der Waals surface area contributed by atoms with Crippen molar-refractivity contribution in [3.05, 3.63) is 28.7 Å². The zero-order valence-corrected chi connectivity index (χ0v) is 13.5. The SMILES string of the molecule is CC1Oc2cc(F)c(-c3nn(C)c(C(F)(F)F)c3Cl)cc2N(O)C1=O. The fourth-order valence-electron chi connectivity index (χ4n) is 2.49. The first-order valence-electron chi connectivity index (χ1n) is 6.85. The maximum Gasteiger partial charge on any atom is 0.434 e. The van der Waals surface area contributed by atoms with E-state index in [9.17, 15) is 27.6 Å². The molecule has 1 aliphatic heterocycles. The van der Waals surface area contributed by atoms with Gasteiger partial charge in [0.15, 0.2) is 11.8 Å². The summed E-state index contributed by atoms with van der Waals surface area (Å²) in [5.74, 6) is -1.92. The van der Waals surface area contributed by atoms with Crippen LogP contribution in [-0.4, -0.2) is 27.0 Å². The summed E-state index contributed by atoms with van der Waals surface area (Å²) in [6.45, 7) is 1.35. The van der Waals surface area contributed by atoms with Gasteiger partial charge in [-0.2, -0.15) is 23.3 Å². The van der Waals surface area contributed by atoms with Crippen LogP contribution >= 0.6 is 11.6 Å². The summed E-state index contributed by atoms with van der Waals surface area (Å²) in [5.41, 5.74) is -2.37. The highest BCUT2D eigenvalue weighted by atomic mass is 35.5. The van der Waals surface area contributed by atoms with E-state index >= 15 is 0 Å². The first-order valence-corrected chi connectivity index (χ1v) is 7.23. The van der Waals surface area contributed by atoms with E-state index in [0.29, 0.717) is 4.68 Å². The number of aryl methyl sites for hydroxylation is 1. The summed E-state index contributed by atoms with van der Waals surface area (Å²) in [5, 5.41) is 12.9. The molecule has 134 valence electrons. The smallest absolute Gasteiger partial charge is 0.434 e. The Balaban J connectivity index is 2.19. The van der Waals surface area contributed by atoms with Gasteiger partial charge < -0.3 is 4.74 Å². The number of hydroxylamine groups is 1. The van der Waals surface area contributed by atoms with Gasteiger partial charge in [-0.25, -0.2) is 4.39 Å². The highest BCUT2D eigenvalue weighted by Crippen LogP contribution is 2.43. The third kappa shape index (κ3) is 2.71. The van der Waals surface area contributed by atoms with Crippen molar-refractivity contribution in [3.63, 3.8) is 0 Å². The number of rotatable bonds is 1. The summed E-state index contributed by atoms with van der Waals surface area (Å²) in [6, 6.07) is 1.79. The molecule has 0 radical (unpaired) electrons. The van der Waals surface area contributed by atoms with Crippen molar-refractivity contribution in [3.8, 4) is 17.0 Å². The molecule has 1 aromatic heterocycles. The predicted octanol–water partition coefficient (Wildman–Crippen LogP) is 3.40. The summed E-state index contributed by atoms with van der Waals surface area (Å²) in [4.78, 5) is 11.7. The molecule has 0 aliphatic carbocycles. The van der Waals surface area contributed by atoms with E-state index in [4.69, 9.17) is 16.3 Å². The highest BCUT2D eigenvalue weighted by Gasteiger charge is 2.40. The lowest BCUT2D eigenvalue weighted by Gasteiger charge is -2.28. The standard InChI is InChI=1S/C14H10ClF4N3O3/c1-5-13(23)22(24)8-3-6(7(16)4-9(8)25-5)11-10(15)12(14(17,18)19)21(2)20-11/h3-5,24H,1-2H3. The van der Waals surface area contributed by atoms with Crippen LogP contribution in [0.5, 0.6) is 5.75 Å². The summed E-state index contributed by atoms with van der Waals surface area (Å²) >= 11 is 5.75. The molecule has 1 atom stereocenters. The molecule has 0 spiro atoms. The minimum Gasteiger partial charge on any atom is -0.478 e. The van der Waals surface area contributed by atoms with Gasteiger partial charge in [0.2, 0.25) is 0 Å². The number of fused-ring (bicyclic) bond motifs is 1. The maximum absolute atomic E-state index is 14.4. The Morgan fingerprint density at radius 2 is 2.00 bits per heavy atom. The van der Waals surface area contributed by atoms with Gasteiger partial charge in [-0.15, -0.1) is 0 Å². The van der Waals surface area contributed by atoms with Crippen molar-refractivity contribution in [2.75, 3.05) is 5.06 Å². The number of benzene rings is 1. The molecule has 11 heteroatoms.